The van der Waals surface area contributed by atoms with Gasteiger partial charge in [-0.2, -0.15) is 0 Å². The van der Waals surface area contributed by atoms with E-state index in [0.717, 1.165) is 17.7 Å². The highest BCUT2D eigenvalue weighted by molar-refractivity contribution is 5.91. The van der Waals surface area contributed by atoms with E-state index in [9.17, 15) is 4.79 Å². The van der Waals surface area contributed by atoms with Gasteiger partial charge in [0.15, 0.2) is 0 Å². The van der Waals surface area contributed by atoms with Crippen molar-refractivity contribution < 1.29 is 14.3 Å². The van der Waals surface area contributed by atoms with Crippen LogP contribution >= 0.6 is 0 Å². The molecule has 2 aromatic rings. The van der Waals surface area contributed by atoms with Gasteiger partial charge in [0.1, 0.15) is 11.5 Å². The minimum absolute atomic E-state index is 0.356. The first-order chi connectivity index (χ1) is 11.1. The molecule has 0 aliphatic carbocycles. The number of esters is 1. The maximum absolute atomic E-state index is 12.2. The number of carbonyl (C=O) groups is 1. The lowest BCUT2D eigenvalue weighted by Crippen LogP contribution is -2.08. The monoisotopic (exact) mass is 312 g/mol. The first-order valence-corrected chi connectivity index (χ1v) is 8.12. The van der Waals surface area contributed by atoms with Crippen molar-refractivity contribution in [1.82, 2.24) is 0 Å². The summed E-state index contributed by atoms with van der Waals surface area (Å²) in [5.41, 5.74) is 2.80. The van der Waals surface area contributed by atoms with E-state index in [2.05, 4.69) is 6.92 Å². The van der Waals surface area contributed by atoms with Gasteiger partial charge in [0.05, 0.1) is 12.2 Å². The molecule has 23 heavy (non-hydrogen) atoms. The molecule has 122 valence electrons. The average molecular weight is 312 g/mol. The molecule has 2 aromatic carbocycles. The number of carbonyl (C=O) groups excluding carboxylic acids is 1. The lowest BCUT2D eigenvalue weighted by atomic mass is 10.1. The van der Waals surface area contributed by atoms with E-state index in [0.29, 0.717) is 17.9 Å². The van der Waals surface area contributed by atoms with Gasteiger partial charge < -0.3 is 9.47 Å². The van der Waals surface area contributed by atoms with Crippen LogP contribution in [0.25, 0.3) is 0 Å². The second kappa shape index (κ2) is 8.37. The molecule has 0 saturated carbocycles. The van der Waals surface area contributed by atoms with Crippen LogP contribution < -0.4 is 9.47 Å². The highest BCUT2D eigenvalue weighted by Crippen LogP contribution is 2.19. The Morgan fingerprint density at radius 2 is 1.61 bits per heavy atom. The van der Waals surface area contributed by atoms with Crippen molar-refractivity contribution in [3.05, 3.63) is 59.2 Å². The maximum atomic E-state index is 12.2. The van der Waals surface area contributed by atoms with Crippen LogP contribution in [0.4, 0.5) is 0 Å². The molecule has 0 N–H and O–H groups in total. The Bertz CT molecular complexity index is 644. The number of benzene rings is 2. The van der Waals surface area contributed by atoms with Crippen molar-refractivity contribution in [1.29, 1.82) is 0 Å². The summed E-state index contributed by atoms with van der Waals surface area (Å²) in [5, 5.41) is 0. The molecule has 0 bridgehead atoms. The molecule has 0 aromatic heterocycles. The molecule has 2 rings (SSSR count). The molecular weight excluding hydrogens is 288 g/mol. The number of ether oxygens (including phenoxy) is 2. The van der Waals surface area contributed by atoms with Gasteiger partial charge in [-0.15, -0.1) is 0 Å². The van der Waals surface area contributed by atoms with E-state index >= 15 is 0 Å². The lowest BCUT2D eigenvalue weighted by Gasteiger charge is -2.08. The molecule has 0 amide bonds. The fourth-order valence-electron chi connectivity index (χ4n) is 2.17. The summed E-state index contributed by atoms with van der Waals surface area (Å²) in [7, 11) is 0. The molecule has 0 unspecified atom stereocenters. The van der Waals surface area contributed by atoms with Crippen molar-refractivity contribution in [3.8, 4) is 11.5 Å². The smallest absolute Gasteiger partial charge is 0.343 e. The number of hydrogen-bond acceptors (Lipinski definition) is 3. The standard InChI is InChI=1S/C20H24O3/c1-4-5-6-13-22-18-11-8-17(9-12-18)20(21)23-19-10-7-15(2)16(3)14-19/h7-12,14H,4-6,13H2,1-3H3. The fraction of sp³-hybridized carbons (Fsp3) is 0.350. The third kappa shape index (κ3) is 5.13. The van der Waals surface area contributed by atoms with Crippen molar-refractivity contribution in [2.45, 2.75) is 40.0 Å². The third-order valence-electron chi connectivity index (χ3n) is 3.80. The molecule has 0 aliphatic rings. The van der Waals surface area contributed by atoms with Crippen LogP contribution in [-0.4, -0.2) is 12.6 Å². The number of hydrogen-bond donors (Lipinski definition) is 0. The minimum atomic E-state index is -0.356. The summed E-state index contributed by atoms with van der Waals surface area (Å²) in [6, 6.07) is 12.7. The topological polar surface area (TPSA) is 35.5 Å². The van der Waals surface area contributed by atoms with Crippen LogP contribution in [0.3, 0.4) is 0 Å². The van der Waals surface area contributed by atoms with Crippen LogP contribution in [0, 0.1) is 13.8 Å². The molecule has 3 nitrogen and oxygen atoms in total. The van der Waals surface area contributed by atoms with Crippen molar-refractivity contribution in [2.24, 2.45) is 0 Å². The maximum Gasteiger partial charge on any atom is 0.343 e. The molecule has 0 spiro atoms. The second-order valence-corrected chi connectivity index (χ2v) is 5.72. The Labute approximate surface area is 138 Å². The molecular formula is C20H24O3. The molecule has 0 aliphatic heterocycles. The normalized spacial score (nSPS) is 10.4. The van der Waals surface area contributed by atoms with Gasteiger partial charge in [0.25, 0.3) is 0 Å². The minimum Gasteiger partial charge on any atom is -0.494 e. The Balaban J connectivity index is 1.93. The van der Waals surface area contributed by atoms with E-state index < -0.39 is 0 Å². The van der Waals surface area contributed by atoms with Crippen molar-refractivity contribution in [3.63, 3.8) is 0 Å². The fourth-order valence-corrected chi connectivity index (χ4v) is 2.17. The zero-order chi connectivity index (χ0) is 16.7. The van der Waals surface area contributed by atoms with E-state index in [1.165, 1.54) is 18.4 Å². The predicted molar refractivity (Wildman–Crippen MR) is 92.3 cm³/mol. The van der Waals surface area contributed by atoms with Crippen molar-refractivity contribution >= 4 is 5.97 Å². The summed E-state index contributed by atoms with van der Waals surface area (Å²) in [5.74, 6) is 0.993. The van der Waals surface area contributed by atoms with Gasteiger partial charge >= 0.3 is 5.97 Å². The van der Waals surface area contributed by atoms with E-state index in [4.69, 9.17) is 9.47 Å². The van der Waals surface area contributed by atoms with E-state index in [1.807, 2.05) is 44.2 Å². The molecule has 0 radical (unpaired) electrons. The summed E-state index contributed by atoms with van der Waals surface area (Å²) in [4.78, 5) is 12.2. The molecule has 0 saturated heterocycles. The number of unbranched alkanes of at least 4 members (excludes halogenated alkanes) is 2. The molecule has 3 heteroatoms. The molecule has 0 fully saturated rings. The highest BCUT2D eigenvalue weighted by atomic mass is 16.5. The first-order valence-electron chi connectivity index (χ1n) is 8.12. The highest BCUT2D eigenvalue weighted by Gasteiger charge is 2.09. The first kappa shape index (κ1) is 17.1. The summed E-state index contributed by atoms with van der Waals surface area (Å²) in [6.07, 6.45) is 3.39. The zero-order valence-electron chi connectivity index (χ0n) is 14.1. The largest absolute Gasteiger partial charge is 0.494 e. The summed E-state index contributed by atoms with van der Waals surface area (Å²) in [6.45, 7) is 6.90. The Hall–Kier alpha value is -2.29. The van der Waals surface area contributed by atoms with Gasteiger partial charge in [0.2, 0.25) is 0 Å². The van der Waals surface area contributed by atoms with Crippen LogP contribution in [0.2, 0.25) is 0 Å². The van der Waals surface area contributed by atoms with Crippen LogP contribution in [0.1, 0.15) is 47.7 Å². The summed E-state index contributed by atoms with van der Waals surface area (Å²) >= 11 is 0. The number of rotatable bonds is 7. The zero-order valence-corrected chi connectivity index (χ0v) is 14.1. The third-order valence-corrected chi connectivity index (χ3v) is 3.80. The van der Waals surface area contributed by atoms with E-state index in [-0.39, 0.29) is 5.97 Å². The van der Waals surface area contributed by atoms with Crippen LogP contribution in [-0.2, 0) is 0 Å². The van der Waals surface area contributed by atoms with Gasteiger partial charge in [0, 0.05) is 0 Å². The Kier molecular flexibility index (Phi) is 6.21. The Morgan fingerprint density at radius 1 is 0.913 bits per heavy atom. The van der Waals surface area contributed by atoms with Crippen molar-refractivity contribution in [2.75, 3.05) is 6.61 Å². The summed E-state index contributed by atoms with van der Waals surface area (Å²) < 4.78 is 11.0. The molecule has 0 atom stereocenters. The SMILES string of the molecule is CCCCCOc1ccc(C(=O)Oc2ccc(C)c(C)c2)cc1. The van der Waals surface area contributed by atoms with Gasteiger partial charge in [-0.1, -0.05) is 25.8 Å². The molecule has 0 heterocycles. The van der Waals surface area contributed by atoms with Gasteiger partial charge in [-0.05, 0) is 67.8 Å². The van der Waals surface area contributed by atoms with E-state index in [1.54, 1.807) is 12.1 Å². The van der Waals surface area contributed by atoms with Crippen LogP contribution in [0.5, 0.6) is 11.5 Å². The second-order valence-electron chi connectivity index (χ2n) is 5.72. The van der Waals surface area contributed by atoms with Crippen LogP contribution in [0.15, 0.2) is 42.5 Å². The average Bonchev–Trinajstić information content (AvgIpc) is 2.55. The number of aryl methyl sites for hydroxylation is 2. The Morgan fingerprint density at radius 3 is 2.26 bits per heavy atom. The van der Waals surface area contributed by atoms with Gasteiger partial charge in [-0.25, -0.2) is 4.79 Å². The predicted octanol–water partition coefficient (Wildman–Crippen LogP) is 5.09. The van der Waals surface area contributed by atoms with Gasteiger partial charge in [-0.3, -0.25) is 0 Å². The quantitative estimate of drug-likeness (QED) is 0.406. The lowest BCUT2D eigenvalue weighted by molar-refractivity contribution is 0.0734.